The molecule has 1 atom stereocenters. The van der Waals surface area contributed by atoms with Crippen molar-refractivity contribution in [2.75, 3.05) is 20.2 Å². The lowest BCUT2D eigenvalue weighted by atomic mass is 9.88. The van der Waals surface area contributed by atoms with Gasteiger partial charge >= 0.3 is 0 Å². The first-order valence-electron chi connectivity index (χ1n) is 9.03. The summed E-state index contributed by atoms with van der Waals surface area (Å²) in [6.07, 6.45) is 6.24. The summed E-state index contributed by atoms with van der Waals surface area (Å²) in [5.41, 5.74) is -0.992. The van der Waals surface area contributed by atoms with E-state index in [1.807, 2.05) is 20.8 Å². The van der Waals surface area contributed by atoms with E-state index in [4.69, 9.17) is 4.74 Å². The summed E-state index contributed by atoms with van der Waals surface area (Å²) >= 11 is 0. The number of hydrogen-bond donors (Lipinski definition) is 2. The summed E-state index contributed by atoms with van der Waals surface area (Å²) in [5, 5.41) is 5.60. The monoisotopic (exact) mass is 340 g/mol. The second-order valence-corrected chi connectivity index (χ2v) is 6.89. The highest BCUT2D eigenvalue weighted by molar-refractivity contribution is 5.81. The van der Waals surface area contributed by atoms with Crippen LogP contribution in [-0.2, 0) is 14.3 Å². The van der Waals surface area contributed by atoms with Gasteiger partial charge in [-0.1, -0.05) is 40.2 Å². The largest absolute Gasteiger partial charge is 0.371 e. The van der Waals surface area contributed by atoms with Crippen LogP contribution in [0.25, 0.3) is 0 Å². The lowest BCUT2D eigenvalue weighted by Gasteiger charge is -2.31. The average molecular weight is 341 g/mol. The number of rotatable bonds is 13. The Hall–Kier alpha value is -1.36. The zero-order valence-corrected chi connectivity index (χ0v) is 16.2. The molecule has 0 rings (SSSR count). The average Bonchev–Trinajstić information content (AvgIpc) is 2.57. The van der Waals surface area contributed by atoms with Crippen molar-refractivity contribution in [1.29, 1.82) is 0 Å². The van der Waals surface area contributed by atoms with Crippen LogP contribution in [0.3, 0.4) is 0 Å². The lowest BCUT2D eigenvalue weighted by Crippen LogP contribution is -2.37. The molecule has 0 saturated heterocycles. The Morgan fingerprint density at radius 3 is 2.38 bits per heavy atom. The highest BCUT2D eigenvalue weighted by Gasteiger charge is 2.30. The van der Waals surface area contributed by atoms with Crippen molar-refractivity contribution in [2.24, 2.45) is 5.41 Å². The van der Waals surface area contributed by atoms with E-state index in [9.17, 15) is 9.59 Å². The van der Waals surface area contributed by atoms with Gasteiger partial charge in [-0.15, -0.1) is 6.58 Å². The molecule has 24 heavy (non-hydrogen) atoms. The Kier molecular flexibility index (Phi) is 10.6. The normalized spacial score (nSPS) is 13.9. The van der Waals surface area contributed by atoms with E-state index in [2.05, 4.69) is 24.1 Å². The molecule has 0 aromatic heterocycles. The fourth-order valence-electron chi connectivity index (χ4n) is 2.44. The van der Waals surface area contributed by atoms with Gasteiger partial charge < -0.3 is 15.4 Å². The molecule has 0 aliphatic carbocycles. The van der Waals surface area contributed by atoms with Crippen molar-refractivity contribution < 1.29 is 14.3 Å². The zero-order chi connectivity index (χ0) is 18.6. The Balaban J connectivity index is 4.47. The van der Waals surface area contributed by atoms with Crippen LogP contribution >= 0.6 is 0 Å². The van der Waals surface area contributed by atoms with Gasteiger partial charge in [0.25, 0.3) is 0 Å². The Morgan fingerprint density at radius 2 is 1.88 bits per heavy atom. The SMILES string of the molecule is C=CC(CC)(CCC(=O)NCCCC)OCCC(C)(C)C(=O)NC. The highest BCUT2D eigenvalue weighted by atomic mass is 16.5. The van der Waals surface area contributed by atoms with Crippen molar-refractivity contribution in [3.05, 3.63) is 12.7 Å². The predicted molar refractivity (Wildman–Crippen MR) is 98.8 cm³/mol. The maximum absolute atomic E-state index is 11.9. The Bertz CT molecular complexity index is 407. The Labute approximate surface area is 147 Å². The van der Waals surface area contributed by atoms with E-state index in [0.29, 0.717) is 25.9 Å². The number of hydrogen-bond acceptors (Lipinski definition) is 3. The quantitative estimate of drug-likeness (QED) is 0.400. The molecule has 0 aliphatic rings. The number of carbonyl (C=O) groups excluding carboxylic acids is 2. The minimum absolute atomic E-state index is 0.00195. The summed E-state index contributed by atoms with van der Waals surface area (Å²) in [4.78, 5) is 23.7. The molecular weight excluding hydrogens is 304 g/mol. The molecule has 5 nitrogen and oxygen atoms in total. The van der Waals surface area contributed by atoms with Gasteiger partial charge in [0.1, 0.15) is 0 Å². The molecule has 0 aromatic carbocycles. The third-order valence-corrected chi connectivity index (χ3v) is 4.56. The van der Waals surface area contributed by atoms with Crippen LogP contribution in [0, 0.1) is 5.41 Å². The van der Waals surface area contributed by atoms with Crippen molar-refractivity contribution in [1.82, 2.24) is 10.6 Å². The number of nitrogens with one attached hydrogen (secondary N) is 2. The summed E-state index contributed by atoms with van der Waals surface area (Å²) in [6, 6.07) is 0. The van der Waals surface area contributed by atoms with Gasteiger partial charge in [0.15, 0.2) is 0 Å². The summed E-state index contributed by atoms with van der Waals surface area (Å²) in [5.74, 6) is 0.0551. The second kappa shape index (κ2) is 11.2. The number of amides is 2. The summed E-state index contributed by atoms with van der Waals surface area (Å²) in [7, 11) is 1.64. The van der Waals surface area contributed by atoms with E-state index in [-0.39, 0.29) is 11.8 Å². The maximum Gasteiger partial charge on any atom is 0.225 e. The van der Waals surface area contributed by atoms with Crippen LogP contribution in [0.2, 0.25) is 0 Å². The molecule has 0 radical (unpaired) electrons. The molecule has 140 valence electrons. The fourth-order valence-corrected chi connectivity index (χ4v) is 2.44. The van der Waals surface area contributed by atoms with Crippen LogP contribution in [0.1, 0.15) is 66.2 Å². The highest BCUT2D eigenvalue weighted by Crippen LogP contribution is 2.27. The van der Waals surface area contributed by atoms with Crippen molar-refractivity contribution >= 4 is 11.8 Å². The first-order chi connectivity index (χ1) is 11.3. The molecule has 0 bridgehead atoms. The Morgan fingerprint density at radius 1 is 1.21 bits per heavy atom. The van der Waals surface area contributed by atoms with Gasteiger partial charge in [0.2, 0.25) is 11.8 Å². The number of carbonyl (C=O) groups is 2. The first kappa shape index (κ1) is 22.6. The van der Waals surface area contributed by atoms with E-state index in [0.717, 1.165) is 25.8 Å². The maximum atomic E-state index is 11.9. The van der Waals surface area contributed by atoms with E-state index < -0.39 is 11.0 Å². The standard InChI is InChI=1S/C19H36N2O3/c1-7-10-14-21-16(22)11-12-19(8-2,9-3)24-15-13-18(4,5)17(23)20-6/h8H,2,7,9-15H2,1,3-6H3,(H,20,23)(H,21,22). The molecule has 0 spiro atoms. The van der Waals surface area contributed by atoms with Crippen LogP contribution in [0.15, 0.2) is 12.7 Å². The lowest BCUT2D eigenvalue weighted by molar-refractivity contribution is -0.130. The third kappa shape index (κ3) is 7.95. The molecule has 0 heterocycles. The van der Waals surface area contributed by atoms with Crippen LogP contribution in [-0.4, -0.2) is 37.6 Å². The van der Waals surface area contributed by atoms with E-state index in [1.54, 1.807) is 13.1 Å². The van der Waals surface area contributed by atoms with Crippen LogP contribution in [0.4, 0.5) is 0 Å². The minimum atomic E-state index is -0.513. The minimum Gasteiger partial charge on any atom is -0.371 e. The van der Waals surface area contributed by atoms with Gasteiger partial charge in [-0.2, -0.15) is 0 Å². The molecule has 2 N–H and O–H groups in total. The molecular formula is C19H36N2O3. The molecule has 0 fully saturated rings. The zero-order valence-electron chi connectivity index (χ0n) is 16.2. The molecule has 0 aliphatic heterocycles. The number of ether oxygens (including phenoxy) is 1. The van der Waals surface area contributed by atoms with E-state index >= 15 is 0 Å². The van der Waals surface area contributed by atoms with E-state index in [1.165, 1.54) is 0 Å². The predicted octanol–water partition coefficient (Wildman–Crippen LogP) is 3.20. The van der Waals surface area contributed by atoms with Crippen molar-refractivity contribution in [2.45, 2.75) is 71.8 Å². The van der Waals surface area contributed by atoms with Gasteiger partial charge in [0.05, 0.1) is 5.60 Å². The summed E-state index contributed by atoms with van der Waals surface area (Å²) < 4.78 is 6.06. The molecule has 1 unspecified atom stereocenters. The topological polar surface area (TPSA) is 67.4 Å². The molecule has 0 saturated carbocycles. The van der Waals surface area contributed by atoms with Crippen molar-refractivity contribution in [3.63, 3.8) is 0 Å². The van der Waals surface area contributed by atoms with Crippen LogP contribution < -0.4 is 10.6 Å². The second-order valence-electron chi connectivity index (χ2n) is 6.89. The van der Waals surface area contributed by atoms with Gasteiger partial charge in [-0.25, -0.2) is 0 Å². The van der Waals surface area contributed by atoms with Gasteiger partial charge in [-0.3, -0.25) is 9.59 Å². The van der Waals surface area contributed by atoms with Crippen molar-refractivity contribution in [3.8, 4) is 0 Å². The molecule has 5 heteroatoms. The first-order valence-corrected chi connectivity index (χ1v) is 9.03. The van der Waals surface area contributed by atoms with Crippen LogP contribution in [0.5, 0.6) is 0 Å². The van der Waals surface area contributed by atoms with Gasteiger partial charge in [0, 0.05) is 32.0 Å². The third-order valence-electron chi connectivity index (χ3n) is 4.56. The molecule has 2 amide bonds. The fraction of sp³-hybridized carbons (Fsp3) is 0.789. The smallest absolute Gasteiger partial charge is 0.225 e. The number of unbranched alkanes of at least 4 members (excludes halogenated alkanes) is 1. The summed E-state index contributed by atoms with van der Waals surface area (Å²) in [6.45, 7) is 13.0. The molecule has 0 aromatic rings. The van der Waals surface area contributed by atoms with Gasteiger partial charge in [-0.05, 0) is 25.7 Å².